The Hall–Kier alpha value is -3.26. The highest BCUT2D eigenvalue weighted by Gasteiger charge is 2.25. The SMILES string of the molecule is N[C@@H](CCC(=O)O)C(=O)N[C@@H](CSc1ncnc2nc[nH]c12)C(=O)NCC(=O)O. The fourth-order valence-electron chi connectivity index (χ4n) is 2.17. The Balaban J connectivity index is 2.06. The van der Waals surface area contributed by atoms with Crippen LogP contribution < -0.4 is 16.4 Å². The Morgan fingerprint density at radius 1 is 1.14 bits per heavy atom. The molecular formula is C15H19N7O6S. The van der Waals surface area contributed by atoms with Crippen molar-refractivity contribution >= 4 is 46.7 Å². The number of hydrogen-bond acceptors (Lipinski definition) is 9. The predicted molar refractivity (Wildman–Crippen MR) is 99.8 cm³/mol. The number of carbonyl (C=O) groups is 4. The zero-order valence-corrected chi connectivity index (χ0v) is 15.8. The van der Waals surface area contributed by atoms with Gasteiger partial charge in [-0.1, -0.05) is 0 Å². The van der Waals surface area contributed by atoms with Crippen LogP contribution in [0, 0.1) is 0 Å². The lowest BCUT2D eigenvalue weighted by atomic mass is 10.1. The second kappa shape index (κ2) is 10.3. The standard InChI is InChI=1S/C15H19N7O6S/c16-7(1-2-9(23)24)13(27)22-8(14(28)17-3-10(25)26)4-29-15-11-12(19-5-18-11)20-6-21-15/h5-8H,1-4,16H2,(H,17,28)(H,22,27)(H,23,24)(H,25,26)(H,18,19,20,21)/t7-,8-/m0/s1. The molecule has 0 aliphatic heterocycles. The predicted octanol–water partition coefficient (Wildman–Crippen LogP) is -1.68. The van der Waals surface area contributed by atoms with Crippen molar-refractivity contribution in [3.05, 3.63) is 12.7 Å². The molecule has 2 amide bonds. The van der Waals surface area contributed by atoms with Crippen LogP contribution in [-0.2, 0) is 19.2 Å². The minimum Gasteiger partial charge on any atom is -0.481 e. The Kier molecular flexibility index (Phi) is 7.85. The van der Waals surface area contributed by atoms with E-state index in [0.717, 1.165) is 11.8 Å². The van der Waals surface area contributed by atoms with Crippen LogP contribution >= 0.6 is 11.8 Å². The largest absolute Gasteiger partial charge is 0.481 e. The van der Waals surface area contributed by atoms with E-state index in [0.29, 0.717) is 16.2 Å². The summed E-state index contributed by atoms with van der Waals surface area (Å²) in [6.07, 6.45) is 2.31. The number of nitrogens with two attached hydrogens (primary N) is 1. The van der Waals surface area contributed by atoms with Crippen LogP contribution in [0.25, 0.3) is 11.2 Å². The third-order valence-electron chi connectivity index (χ3n) is 3.63. The van der Waals surface area contributed by atoms with Gasteiger partial charge >= 0.3 is 11.9 Å². The number of amides is 2. The molecule has 0 radical (unpaired) electrons. The highest BCUT2D eigenvalue weighted by atomic mass is 32.2. The Bertz CT molecular complexity index is 904. The molecule has 0 bridgehead atoms. The summed E-state index contributed by atoms with van der Waals surface area (Å²) in [6.45, 7) is -0.626. The van der Waals surface area contributed by atoms with Gasteiger partial charge in [-0.25, -0.2) is 15.0 Å². The summed E-state index contributed by atoms with van der Waals surface area (Å²) in [5.74, 6) is -3.80. The molecule has 13 nitrogen and oxygen atoms in total. The van der Waals surface area contributed by atoms with E-state index in [1.54, 1.807) is 0 Å². The molecule has 0 spiro atoms. The monoisotopic (exact) mass is 425 g/mol. The van der Waals surface area contributed by atoms with E-state index in [2.05, 4.69) is 30.6 Å². The molecule has 0 aromatic carbocycles. The highest BCUT2D eigenvalue weighted by Crippen LogP contribution is 2.22. The van der Waals surface area contributed by atoms with Crippen molar-refractivity contribution in [1.82, 2.24) is 30.6 Å². The number of carbonyl (C=O) groups excluding carboxylic acids is 2. The van der Waals surface area contributed by atoms with Crippen LogP contribution in [0.15, 0.2) is 17.7 Å². The summed E-state index contributed by atoms with van der Waals surface area (Å²) in [5, 5.41) is 22.5. The van der Waals surface area contributed by atoms with E-state index in [-0.39, 0.29) is 18.6 Å². The van der Waals surface area contributed by atoms with Crippen LogP contribution in [0.5, 0.6) is 0 Å². The fourth-order valence-corrected chi connectivity index (χ4v) is 3.15. The first-order valence-corrected chi connectivity index (χ1v) is 9.30. The zero-order valence-electron chi connectivity index (χ0n) is 15.0. The number of aliphatic carboxylic acids is 2. The van der Waals surface area contributed by atoms with Gasteiger partial charge in [0.2, 0.25) is 11.8 Å². The number of imidazole rings is 1. The van der Waals surface area contributed by atoms with Gasteiger partial charge in [-0.05, 0) is 6.42 Å². The van der Waals surface area contributed by atoms with Crippen molar-refractivity contribution < 1.29 is 29.4 Å². The van der Waals surface area contributed by atoms with Crippen LogP contribution in [0.2, 0.25) is 0 Å². The normalized spacial score (nSPS) is 12.9. The van der Waals surface area contributed by atoms with Crippen LogP contribution in [0.4, 0.5) is 0 Å². The van der Waals surface area contributed by atoms with E-state index in [9.17, 15) is 19.2 Å². The highest BCUT2D eigenvalue weighted by molar-refractivity contribution is 7.99. The van der Waals surface area contributed by atoms with Gasteiger partial charge < -0.3 is 31.6 Å². The minimum absolute atomic E-state index is 0.00791. The third-order valence-corrected chi connectivity index (χ3v) is 4.71. The Labute approximate surface area is 167 Å². The van der Waals surface area contributed by atoms with Crippen LogP contribution in [0.3, 0.4) is 0 Å². The molecule has 0 unspecified atom stereocenters. The van der Waals surface area contributed by atoms with Gasteiger partial charge in [-0.3, -0.25) is 19.2 Å². The number of hydrogen-bond donors (Lipinski definition) is 6. The fraction of sp³-hybridized carbons (Fsp3) is 0.400. The first-order valence-electron chi connectivity index (χ1n) is 8.32. The first kappa shape index (κ1) is 22.0. The summed E-state index contributed by atoms with van der Waals surface area (Å²) in [7, 11) is 0. The smallest absolute Gasteiger partial charge is 0.322 e. The maximum absolute atomic E-state index is 12.3. The van der Waals surface area contributed by atoms with E-state index in [4.69, 9.17) is 15.9 Å². The molecular weight excluding hydrogens is 406 g/mol. The van der Waals surface area contributed by atoms with Gasteiger partial charge in [-0.2, -0.15) is 0 Å². The van der Waals surface area contributed by atoms with Crippen molar-refractivity contribution in [2.45, 2.75) is 30.0 Å². The van der Waals surface area contributed by atoms with Crippen molar-refractivity contribution in [3.8, 4) is 0 Å². The molecule has 2 aromatic rings. The summed E-state index contributed by atoms with van der Waals surface area (Å²) >= 11 is 1.12. The first-order chi connectivity index (χ1) is 13.8. The molecule has 2 rings (SSSR count). The summed E-state index contributed by atoms with van der Waals surface area (Å²) in [4.78, 5) is 60.8. The molecule has 29 heavy (non-hydrogen) atoms. The van der Waals surface area contributed by atoms with Crippen LogP contribution in [-0.4, -0.2) is 78.3 Å². The molecule has 0 saturated carbocycles. The molecule has 156 valence electrons. The number of H-pyrrole nitrogens is 1. The number of rotatable bonds is 11. The third kappa shape index (κ3) is 6.69. The Morgan fingerprint density at radius 3 is 2.59 bits per heavy atom. The van der Waals surface area contributed by atoms with E-state index in [1.807, 2.05) is 0 Å². The van der Waals surface area contributed by atoms with Gasteiger partial charge in [-0.15, -0.1) is 11.8 Å². The lowest BCUT2D eigenvalue weighted by molar-refractivity contribution is -0.138. The molecule has 7 N–H and O–H groups in total. The lowest BCUT2D eigenvalue weighted by Crippen LogP contribution is -2.53. The van der Waals surface area contributed by atoms with Crippen molar-refractivity contribution in [2.24, 2.45) is 5.73 Å². The number of carboxylic acids is 2. The molecule has 14 heteroatoms. The topological polar surface area (TPSA) is 213 Å². The van der Waals surface area contributed by atoms with E-state index in [1.165, 1.54) is 12.7 Å². The molecule has 2 atom stereocenters. The molecule has 0 aliphatic carbocycles. The zero-order chi connectivity index (χ0) is 21.4. The molecule has 0 aliphatic rings. The lowest BCUT2D eigenvalue weighted by Gasteiger charge is -2.20. The number of thioether (sulfide) groups is 1. The van der Waals surface area contributed by atoms with Gasteiger partial charge in [0.25, 0.3) is 0 Å². The van der Waals surface area contributed by atoms with E-state index >= 15 is 0 Å². The number of nitrogens with one attached hydrogen (secondary N) is 3. The van der Waals surface area contributed by atoms with Gasteiger partial charge in [0.15, 0.2) is 5.65 Å². The summed E-state index contributed by atoms with van der Waals surface area (Å²) < 4.78 is 0. The van der Waals surface area contributed by atoms with E-state index < -0.39 is 42.4 Å². The molecule has 0 fully saturated rings. The average molecular weight is 425 g/mol. The van der Waals surface area contributed by atoms with Gasteiger partial charge in [0.05, 0.1) is 12.4 Å². The maximum atomic E-state index is 12.3. The van der Waals surface area contributed by atoms with Crippen LogP contribution in [0.1, 0.15) is 12.8 Å². The number of nitrogens with zero attached hydrogens (tertiary/aromatic N) is 3. The number of aromatic amines is 1. The Morgan fingerprint density at radius 2 is 1.90 bits per heavy atom. The van der Waals surface area contributed by atoms with Gasteiger partial charge in [0.1, 0.15) is 29.5 Å². The average Bonchev–Trinajstić information content (AvgIpc) is 3.16. The quantitative estimate of drug-likeness (QED) is 0.177. The molecule has 2 aromatic heterocycles. The second-order valence-corrected chi connectivity index (χ2v) is 6.81. The van der Waals surface area contributed by atoms with Gasteiger partial charge in [0, 0.05) is 12.2 Å². The van der Waals surface area contributed by atoms with Crippen molar-refractivity contribution in [3.63, 3.8) is 0 Å². The van der Waals surface area contributed by atoms with Crippen molar-refractivity contribution in [1.29, 1.82) is 0 Å². The number of fused-ring (bicyclic) bond motifs is 1. The molecule has 0 saturated heterocycles. The summed E-state index contributed by atoms with van der Waals surface area (Å²) in [6, 6.07) is -2.26. The second-order valence-electron chi connectivity index (χ2n) is 5.80. The summed E-state index contributed by atoms with van der Waals surface area (Å²) in [5.41, 5.74) is 6.64. The minimum atomic E-state index is -1.25. The number of carboxylic acid groups (broad SMARTS) is 2. The number of aromatic nitrogens is 4. The van der Waals surface area contributed by atoms with Crippen molar-refractivity contribution in [2.75, 3.05) is 12.3 Å². The maximum Gasteiger partial charge on any atom is 0.322 e. The molecule has 2 heterocycles.